The molecule has 2 N–H and O–H groups in total. The van der Waals surface area contributed by atoms with Crippen LogP contribution in [0.4, 0.5) is 9.18 Å². The van der Waals surface area contributed by atoms with Crippen molar-refractivity contribution in [2.24, 2.45) is 0 Å². The predicted octanol–water partition coefficient (Wildman–Crippen LogP) is 1.53. The minimum Gasteiger partial charge on any atom is -0.394 e. The number of carbonyl (C=O) groups is 1. The lowest BCUT2D eigenvalue weighted by atomic mass is 10.1. The van der Waals surface area contributed by atoms with Crippen molar-refractivity contribution < 1.29 is 14.3 Å². The van der Waals surface area contributed by atoms with Crippen LogP contribution in [-0.4, -0.2) is 41.8 Å². The molecule has 2 amide bonds. The fourth-order valence-electron chi connectivity index (χ4n) is 2.36. The van der Waals surface area contributed by atoms with Gasteiger partial charge in [0.05, 0.1) is 12.6 Å². The molecule has 1 atom stereocenters. The van der Waals surface area contributed by atoms with Crippen molar-refractivity contribution in [3.8, 4) is 0 Å². The summed E-state index contributed by atoms with van der Waals surface area (Å²) in [6.07, 6.45) is 2.47. The van der Waals surface area contributed by atoms with Crippen LogP contribution in [0.5, 0.6) is 0 Å². The molecule has 19 heavy (non-hydrogen) atoms. The lowest BCUT2D eigenvalue weighted by Gasteiger charge is -2.23. The van der Waals surface area contributed by atoms with E-state index in [1.54, 1.807) is 17.0 Å². The van der Waals surface area contributed by atoms with Crippen molar-refractivity contribution >= 4 is 6.03 Å². The first kappa shape index (κ1) is 13.8. The average molecular weight is 266 g/mol. The van der Waals surface area contributed by atoms with E-state index < -0.39 is 0 Å². The number of rotatable bonds is 4. The standard InChI is InChI=1S/C14H19FN2O2/c15-12-5-3-11(4-6-12)7-8-16-14(19)17-9-1-2-13(17)10-18/h3-6,13,18H,1-2,7-10H2,(H,16,19)/t13-/m0/s1. The van der Waals surface area contributed by atoms with Crippen LogP contribution in [0, 0.1) is 5.82 Å². The highest BCUT2D eigenvalue weighted by Gasteiger charge is 2.27. The Labute approximate surface area is 112 Å². The zero-order valence-electron chi connectivity index (χ0n) is 10.8. The molecule has 0 unspecified atom stereocenters. The van der Waals surface area contributed by atoms with Crippen LogP contribution in [0.15, 0.2) is 24.3 Å². The van der Waals surface area contributed by atoms with Gasteiger partial charge in [0.25, 0.3) is 0 Å². The molecule has 104 valence electrons. The van der Waals surface area contributed by atoms with Gasteiger partial charge >= 0.3 is 6.03 Å². The number of nitrogens with one attached hydrogen (secondary N) is 1. The summed E-state index contributed by atoms with van der Waals surface area (Å²) in [4.78, 5) is 13.6. The second-order valence-corrected chi connectivity index (χ2v) is 4.78. The first-order chi connectivity index (χ1) is 9.20. The molecule has 1 aromatic carbocycles. The van der Waals surface area contributed by atoms with Crippen LogP contribution < -0.4 is 5.32 Å². The van der Waals surface area contributed by atoms with E-state index in [1.807, 2.05) is 0 Å². The second-order valence-electron chi connectivity index (χ2n) is 4.78. The molecule has 0 spiro atoms. The van der Waals surface area contributed by atoms with E-state index in [1.165, 1.54) is 12.1 Å². The molecule has 1 heterocycles. The van der Waals surface area contributed by atoms with Crippen LogP contribution in [0.2, 0.25) is 0 Å². The molecule has 5 heteroatoms. The van der Waals surface area contributed by atoms with Crippen LogP contribution in [-0.2, 0) is 6.42 Å². The van der Waals surface area contributed by atoms with Gasteiger partial charge in [0, 0.05) is 13.1 Å². The topological polar surface area (TPSA) is 52.6 Å². The highest BCUT2D eigenvalue weighted by atomic mass is 19.1. The number of hydrogen-bond donors (Lipinski definition) is 2. The molecule has 0 aromatic heterocycles. The molecule has 1 aliphatic heterocycles. The van der Waals surface area contributed by atoms with Crippen LogP contribution in [0.1, 0.15) is 18.4 Å². The number of urea groups is 1. The zero-order chi connectivity index (χ0) is 13.7. The minimum absolute atomic E-state index is 0.0192. The van der Waals surface area contributed by atoms with E-state index in [0.29, 0.717) is 19.5 Å². The molecular weight excluding hydrogens is 247 g/mol. The van der Waals surface area contributed by atoms with Crippen LogP contribution in [0.25, 0.3) is 0 Å². The smallest absolute Gasteiger partial charge is 0.317 e. The van der Waals surface area contributed by atoms with Gasteiger partial charge in [0.2, 0.25) is 0 Å². The van der Waals surface area contributed by atoms with Crippen LogP contribution >= 0.6 is 0 Å². The SMILES string of the molecule is O=C(NCCc1ccc(F)cc1)N1CCC[C@H]1CO. The van der Waals surface area contributed by atoms with Crippen molar-refractivity contribution in [2.75, 3.05) is 19.7 Å². The third-order valence-corrected chi connectivity index (χ3v) is 3.45. The fourth-order valence-corrected chi connectivity index (χ4v) is 2.36. The van der Waals surface area contributed by atoms with Gasteiger partial charge in [-0.05, 0) is 37.0 Å². The van der Waals surface area contributed by atoms with E-state index in [-0.39, 0.29) is 24.5 Å². The van der Waals surface area contributed by atoms with Gasteiger partial charge in [-0.15, -0.1) is 0 Å². The second kappa shape index (κ2) is 6.52. The number of likely N-dealkylation sites (tertiary alicyclic amines) is 1. The summed E-state index contributed by atoms with van der Waals surface area (Å²) >= 11 is 0. The summed E-state index contributed by atoms with van der Waals surface area (Å²) in [5.74, 6) is -0.254. The highest BCUT2D eigenvalue weighted by molar-refractivity contribution is 5.74. The average Bonchev–Trinajstić information content (AvgIpc) is 2.89. The molecule has 1 fully saturated rings. The summed E-state index contributed by atoms with van der Waals surface area (Å²) in [6, 6.07) is 6.09. The first-order valence-corrected chi connectivity index (χ1v) is 6.60. The van der Waals surface area contributed by atoms with Gasteiger partial charge < -0.3 is 15.3 Å². The molecule has 0 saturated carbocycles. The number of aliphatic hydroxyl groups is 1. The number of amides is 2. The maximum Gasteiger partial charge on any atom is 0.317 e. The number of carbonyl (C=O) groups excluding carboxylic acids is 1. The Morgan fingerprint density at radius 3 is 2.84 bits per heavy atom. The summed E-state index contributed by atoms with van der Waals surface area (Å²) in [6.45, 7) is 1.23. The van der Waals surface area contributed by atoms with Gasteiger partial charge in [0.15, 0.2) is 0 Å². The molecule has 1 aromatic rings. The van der Waals surface area contributed by atoms with Crippen molar-refractivity contribution in [2.45, 2.75) is 25.3 Å². The van der Waals surface area contributed by atoms with Gasteiger partial charge in [0.1, 0.15) is 5.82 Å². The Kier molecular flexibility index (Phi) is 4.74. The zero-order valence-corrected chi connectivity index (χ0v) is 10.8. The Morgan fingerprint density at radius 1 is 1.42 bits per heavy atom. The van der Waals surface area contributed by atoms with E-state index in [4.69, 9.17) is 5.11 Å². The van der Waals surface area contributed by atoms with Crippen molar-refractivity contribution in [3.63, 3.8) is 0 Å². The molecule has 0 radical (unpaired) electrons. The lowest BCUT2D eigenvalue weighted by Crippen LogP contribution is -2.44. The number of halogens is 1. The quantitative estimate of drug-likeness (QED) is 0.868. The molecule has 4 nitrogen and oxygen atoms in total. The Bertz CT molecular complexity index is 422. The number of benzene rings is 1. The maximum atomic E-state index is 12.7. The summed E-state index contributed by atoms with van der Waals surface area (Å²) in [7, 11) is 0. The fraction of sp³-hybridized carbons (Fsp3) is 0.500. The minimum atomic E-state index is -0.254. The molecular formula is C14H19FN2O2. The predicted molar refractivity (Wildman–Crippen MR) is 70.3 cm³/mol. The third kappa shape index (κ3) is 3.67. The van der Waals surface area contributed by atoms with Gasteiger partial charge in [-0.1, -0.05) is 12.1 Å². The van der Waals surface area contributed by atoms with Gasteiger partial charge in [-0.3, -0.25) is 0 Å². The van der Waals surface area contributed by atoms with E-state index in [0.717, 1.165) is 18.4 Å². The van der Waals surface area contributed by atoms with Crippen LogP contribution in [0.3, 0.4) is 0 Å². The van der Waals surface area contributed by atoms with Crippen molar-refractivity contribution in [1.82, 2.24) is 10.2 Å². The molecule has 1 saturated heterocycles. The molecule has 0 bridgehead atoms. The monoisotopic (exact) mass is 266 g/mol. The summed E-state index contributed by atoms with van der Waals surface area (Å²) < 4.78 is 12.7. The van der Waals surface area contributed by atoms with E-state index in [2.05, 4.69) is 5.32 Å². The Hall–Kier alpha value is -1.62. The van der Waals surface area contributed by atoms with Crippen molar-refractivity contribution in [1.29, 1.82) is 0 Å². The maximum absolute atomic E-state index is 12.7. The normalized spacial score (nSPS) is 18.6. The third-order valence-electron chi connectivity index (χ3n) is 3.45. The van der Waals surface area contributed by atoms with Crippen molar-refractivity contribution in [3.05, 3.63) is 35.6 Å². The highest BCUT2D eigenvalue weighted by Crippen LogP contribution is 2.16. The largest absolute Gasteiger partial charge is 0.394 e. The van der Waals surface area contributed by atoms with E-state index in [9.17, 15) is 9.18 Å². The number of aliphatic hydroxyl groups excluding tert-OH is 1. The Morgan fingerprint density at radius 2 is 2.16 bits per heavy atom. The van der Waals surface area contributed by atoms with E-state index >= 15 is 0 Å². The lowest BCUT2D eigenvalue weighted by molar-refractivity contribution is 0.157. The first-order valence-electron chi connectivity index (χ1n) is 6.60. The summed E-state index contributed by atoms with van der Waals surface area (Å²) in [5.41, 5.74) is 0.988. The van der Waals surface area contributed by atoms with Gasteiger partial charge in [-0.25, -0.2) is 9.18 Å². The molecule has 1 aliphatic rings. The molecule has 0 aliphatic carbocycles. The number of hydrogen-bond acceptors (Lipinski definition) is 2. The Balaban J connectivity index is 1.76. The number of nitrogens with zero attached hydrogens (tertiary/aromatic N) is 1. The summed E-state index contributed by atoms with van der Waals surface area (Å²) in [5, 5.41) is 12.0. The van der Waals surface area contributed by atoms with Gasteiger partial charge in [-0.2, -0.15) is 0 Å². The molecule has 2 rings (SSSR count).